The molecule has 3 aromatic heterocycles. The molecule has 0 spiro atoms. The maximum Gasteiger partial charge on any atom is 0.143 e. The smallest absolute Gasteiger partial charge is 0.143 e. The summed E-state index contributed by atoms with van der Waals surface area (Å²) in [4.78, 5) is 2.39. The summed E-state index contributed by atoms with van der Waals surface area (Å²) in [5.41, 5.74) is 17.1. The predicted molar refractivity (Wildman–Crippen MR) is 284 cm³/mol. The van der Waals surface area contributed by atoms with Gasteiger partial charge in [0.25, 0.3) is 0 Å². The fourth-order valence-corrected chi connectivity index (χ4v) is 10.6. The van der Waals surface area contributed by atoms with Crippen LogP contribution in [0.2, 0.25) is 0 Å². The largest absolute Gasteiger partial charge is 0.456 e. The number of hydrogen-bond donors (Lipinski definition) is 0. The van der Waals surface area contributed by atoms with Crippen LogP contribution < -0.4 is 4.90 Å². The van der Waals surface area contributed by atoms with E-state index in [2.05, 4.69) is 240 Å². The minimum atomic E-state index is 0.870. The molecule has 68 heavy (non-hydrogen) atoms. The van der Waals surface area contributed by atoms with Gasteiger partial charge in [-0.2, -0.15) is 0 Å². The van der Waals surface area contributed by atoms with Gasteiger partial charge in [-0.15, -0.1) is 0 Å². The number of benzene rings is 11. The summed E-state index contributed by atoms with van der Waals surface area (Å²) in [5.74, 6) is 0. The Bertz CT molecular complexity index is 4210. The first-order chi connectivity index (χ1) is 33.7. The highest BCUT2D eigenvalue weighted by Crippen LogP contribution is 2.46. The van der Waals surface area contributed by atoms with E-state index in [1.165, 1.54) is 21.8 Å². The van der Waals surface area contributed by atoms with Gasteiger partial charge >= 0.3 is 0 Å². The van der Waals surface area contributed by atoms with Crippen molar-refractivity contribution < 1.29 is 8.83 Å². The van der Waals surface area contributed by atoms with Crippen LogP contribution in [0.25, 0.3) is 116 Å². The first-order valence-corrected chi connectivity index (χ1v) is 23.2. The molecule has 0 unspecified atom stereocenters. The van der Waals surface area contributed by atoms with E-state index in [0.717, 1.165) is 111 Å². The van der Waals surface area contributed by atoms with Crippen molar-refractivity contribution in [1.82, 2.24) is 4.57 Å². The molecule has 14 aromatic rings. The summed E-state index contributed by atoms with van der Waals surface area (Å²) < 4.78 is 15.3. The number of rotatable bonds is 7. The van der Waals surface area contributed by atoms with E-state index in [0.29, 0.717) is 0 Å². The Balaban J connectivity index is 0.906. The van der Waals surface area contributed by atoms with Crippen molar-refractivity contribution >= 4 is 93.5 Å². The highest BCUT2D eigenvalue weighted by Gasteiger charge is 2.22. The highest BCUT2D eigenvalue weighted by molar-refractivity contribution is 6.20. The zero-order chi connectivity index (χ0) is 44.7. The Morgan fingerprint density at radius 3 is 1.66 bits per heavy atom. The van der Waals surface area contributed by atoms with Crippen molar-refractivity contribution in [2.24, 2.45) is 0 Å². The molecule has 14 rings (SSSR count). The van der Waals surface area contributed by atoms with Crippen LogP contribution in [-0.2, 0) is 0 Å². The van der Waals surface area contributed by atoms with Crippen LogP contribution in [0, 0.1) is 0 Å². The van der Waals surface area contributed by atoms with Crippen LogP contribution >= 0.6 is 0 Å². The average Bonchev–Trinajstić information content (AvgIpc) is 4.09. The molecule has 0 atom stereocenters. The first kappa shape index (κ1) is 38.2. The second-order valence-electron chi connectivity index (χ2n) is 17.6. The molecule has 4 heteroatoms. The van der Waals surface area contributed by atoms with Crippen molar-refractivity contribution in [2.45, 2.75) is 0 Å². The topological polar surface area (TPSA) is 34.5 Å². The fraction of sp³-hybridized carbons (Fsp3) is 0. The fourth-order valence-electron chi connectivity index (χ4n) is 10.6. The van der Waals surface area contributed by atoms with Crippen molar-refractivity contribution in [3.05, 3.63) is 243 Å². The minimum Gasteiger partial charge on any atom is -0.456 e. The molecule has 0 saturated carbocycles. The van der Waals surface area contributed by atoms with Crippen LogP contribution in [0.5, 0.6) is 0 Å². The third kappa shape index (κ3) is 6.01. The standard InChI is InChI=1S/C64H40N2O2/c1-2-16-49-43(13-1)31-37-55-63-54(21-12-26-62(63)68-64(49)55)52-19-5-7-22-57(52)65(47-35-29-42(30-36-47)45-32-38-61-56(40-45)53-20-6-10-25-60(53)67-61)46-33-27-41(28-34-46)44-14-11-15-48(39-44)66-58-23-8-3-17-50(58)51-18-4-9-24-59(51)66/h1-40H. The SMILES string of the molecule is c1cc(-c2ccc(N(c3ccc(-c4ccc5oc6ccccc6c5c4)cc3)c3ccccc3-c3cccc4oc5c6ccccc6ccc5c34)cc2)cc(-n2c3ccccc3c3ccccc32)c1. The number of fused-ring (bicyclic) bond motifs is 11. The van der Waals surface area contributed by atoms with Crippen LogP contribution in [0.15, 0.2) is 251 Å². The monoisotopic (exact) mass is 868 g/mol. The number of aromatic nitrogens is 1. The van der Waals surface area contributed by atoms with E-state index in [-0.39, 0.29) is 0 Å². The van der Waals surface area contributed by atoms with E-state index >= 15 is 0 Å². The third-order valence-corrected chi connectivity index (χ3v) is 13.8. The lowest BCUT2D eigenvalue weighted by Gasteiger charge is -2.28. The molecule has 0 aliphatic carbocycles. The van der Waals surface area contributed by atoms with Gasteiger partial charge in [-0.05, 0) is 118 Å². The normalized spacial score (nSPS) is 11.8. The molecular formula is C64H40N2O2. The molecule has 0 amide bonds. The van der Waals surface area contributed by atoms with Gasteiger partial charge in [0.1, 0.15) is 22.3 Å². The lowest BCUT2D eigenvalue weighted by Crippen LogP contribution is -2.11. The van der Waals surface area contributed by atoms with Crippen molar-refractivity contribution in [1.29, 1.82) is 0 Å². The van der Waals surface area contributed by atoms with E-state index in [9.17, 15) is 0 Å². The predicted octanol–water partition coefficient (Wildman–Crippen LogP) is 18.2. The molecule has 0 radical (unpaired) electrons. The molecular weight excluding hydrogens is 829 g/mol. The van der Waals surface area contributed by atoms with Gasteiger partial charge < -0.3 is 18.3 Å². The average molecular weight is 869 g/mol. The summed E-state index contributed by atoms with van der Waals surface area (Å²) in [5, 5.41) is 9.24. The Morgan fingerprint density at radius 1 is 0.324 bits per heavy atom. The number of furan rings is 2. The molecule has 0 aliphatic rings. The Labute approximate surface area is 391 Å². The molecule has 0 aliphatic heterocycles. The molecule has 11 aromatic carbocycles. The second kappa shape index (κ2) is 15.2. The number of anilines is 3. The summed E-state index contributed by atoms with van der Waals surface area (Å²) in [7, 11) is 0. The van der Waals surface area contributed by atoms with Crippen LogP contribution in [-0.4, -0.2) is 4.57 Å². The Morgan fingerprint density at radius 2 is 0.897 bits per heavy atom. The van der Waals surface area contributed by atoms with Crippen LogP contribution in [0.3, 0.4) is 0 Å². The Kier molecular flexibility index (Phi) is 8.55. The maximum absolute atomic E-state index is 6.71. The summed E-state index contributed by atoms with van der Waals surface area (Å²) in [6, 6.07) is 87.0. The third-order valence-electron chi connectivity index (χ3n) is 13.8. The molecule has 0 fully saturated rings. The first-order valence-electron chi connectivity index (χ1n) is 23.2. The second-order valence-corrected chi connectivity index (χ2v) is 17.6. The van der Waals surface area contributed by atoms with Gasteiger partial charge in [0.05, 0.1) is 16.7 Å². The van der Waals surface area contributed by atoms with E-state index in [4.69, 9.17) is 8.83 Å². The lowest BCUT2D eigenvalue weighted by atomic mass is 9.96. The van der Waals surface area contributed by atoms with Gasteiger partial charge in [-0.25, -0.2) is 0 Å². The van der Waals surface area contributed by atoms with Crippen molar-refractivity contribution in [3.8, 4) is 39.1 Å². The highest BCUT2D eigenvalue weighted by atomic mass is 16.3. The zero-order valence-corrected chi connectivity index (χ0v) is 36.8. The molecule has 0 saturated heterocycles. The molecule has 3 heterocycles. The molecule has 0 N–H and O–H groups in total. The lowest BCUT2D eigenvalue weighted by molar-refractivity contribution is 0.669. The summed E-state index contributed by atoms with van der Waals surface area (Å²) in [6.45, 7) is 0. The van der Waals surface area contributed by atoms with Crippen molar-refractivity contribution in [3.63, 3.8) is 0 Å². The number of nitrogens with zero attached hydrogens (tertiary/aromatic N) is 2. The molecule has 318 valence electrons. The number of para-hydroxylation sites is 4. The zero-order valence-electron chi connectivity index (χ0n) is 36.8. The van der Waals surface area contributed by atoms with Gasteiger partial charge in [-0.1, -0.05) is 158 Å². The van der Waals surface area contributed by atoms with E-state index < -0.39 is 0 Å². The van der Waals surface area contributed by atoms with Crippen LogP contribution in [0.4, 0.5) is 17.1 Å². The van der Waals surface area contributed by atoms with Crippen LogP contribution in [0.1, 0.15) is 0 Å². The van der Waals surface area contributed by atoms with E-state index in [1.54, 1.807) is 0 Å². The Hall–Kier alpha value is -9.12. The van der Waals surface area contributed by atoms with Gasteiger partial charge in [0, 0.05) is 60.3 Å². The maximum atomic E-state index is 6.71. The quantitative estimate of drug-likeness (QED) is 0.160. The number of hydrogen-bond acceptors (Lipinski definition) is 3. The molecule has 4 nitrogen and oxygen atoms in total. The summed E-state index contributed by atoms with van der Waals surface area (Å²) in [6.07, 6.45) is 0. The van der Waals surface area contributed by atoms with E-state index in [1.807, 2.05) is 12.1 Å². The molecule has 0 bridgehead atoms. The van der Waals surface area contributed by atoms with Gasteiger partial charge in [-0.3, -0.25) is 0 Å². The summed E-state index contributed by atoms with van der Waals surface area (Å²) >= 11 is 0. The van der Waals surface area contributed by atoms with Gasteiger partial charge in [0.15, 0.2) is 0 Å². The van der Waals surface area contributed by atoms with Crippen molar-refractivity contribution in [2.75, 3.05) is 4.90 Å². The minimum absolute atomic E-state index is 0.870. The van der Waals surface area contributed by atoms with Gasteiger partial charge in [0.2, 0.25) is 0 Å².